The van der Waals surface area contributed by atoms with Gasteiger partial charge >= 0.3 is 0 Å². The fraction of sp³-hybridized carbons (Fsp3) is 0.462. The van der Waals surface area contributed by atoms with E-state index in [1.165, 1.54) is 17.8 Å². The van der Waals surface area contributed by atoms with Gasteiger partial charge in [-0.25, -0.2) is 8.78 Å². The van der Waals surface area contributed by atoms with Crippen molar-refractivity contribution in [2.24, 2.45) is 5.73 Å². The van der Waals surface area contributed by atoms with E-state index in [9.17, 15) is 13.6 Å². The number of halogens is 2. The van der Waals surface area contributed by atoms with Gasteiger partial charge in [0.25, 0.3) is 0 Å². The number of primary amides is 1. The lowest BCUT2D eigenvalue weighted by atomic mass is 10.2. The van der Waals surface area contributed by atoms with E-state index in [-0.39, 0.29) is 11.9 Å². The van der Waals surface area contributed by atoms with E-state index in [1.54, 1.807) is 0 Å². The molecule has 0 fully saturated rings. The lowest BCUT2D eigenvalue weighted by Crippen LogP contribution is -2.41. The molecule has 1 amide bonds. The summed E-state index contributed by atoms with van der Waals surface area (Å²) in [5.41, 5.74) is 5.28. The molecule has 0 saturated heterocycles. The maximum absolute atomic E-state index is 13.0. The van der Waals surface area contributed by atoms with Gasteiger partial charge in [0.15, 0.2) is 11.6 Å². The molecule has 0 spiro atoms. The van der Waals surface area contributed by atoms with Crippen LogP contribution in [-0.4, -0.2) is 24.2 Å². The van der Waals surface area contributed by atoms with Crippen LogP contribution in [0.5, 0.6) is 0 Å². The molecule has 3 N–H and O–H groups in total. The van der Waals surface area contributed by atoms with Crippen LogP contribution in [0, 0.1) is 11.6 Å². The molecule has 0 aliphatic carbocycles. The van der Waals surface area contributed by atoms with Gasteiger partial charge in [-0.1, -0.05) is 6.92 Å². The second-order valence-electron chi connectivity index (χ2n) is 4.12. The van der Waals surface area contributed by atoms with Crippen LogP contribution in [0.2, 0.25) is 0 Å². The van der Waals surface area contributed by atoms with Crippen LogP contribution in [0.15, 0.2) is 23.1 Å². The van der Waals surface area contributed by atoms with E-state index in [0.717, 1.165) is 25.1 Å². The molecule has 1 aromatic carbocycles. The quantitative estimate of drug-likeness (QED) is 0.722. The molecule has 0 bridgehead atoms. The largest absolute Gasteiger partial charge is 0.368 e. The smallest absolute Gasteiger partial charge is 0.234 e. The molecule has 0 saturated carbocycles. The van der Waals surface area contributed by atoms with Crippen LogP contribution in [0.1, 0.15) is 19.8 Å². The van der Waals surface area contributed by atoms with Gasteiger partial charge in [0.1, 0.15) is 0 Å². The number of amides is 1. The topological polar surface area (TPSA) is 55.1 Å². The Kier molecular flexibility index (Phi) is 6.80. The summed E-state index contributed by atoms with van der Waals surface area (Å²) in [5.74, 6) is -1.50. The van der Waals surface area contributed by atoms with Gasteiger partial charge in [0.2, 0.25) is 5.91 Å². The minimum atomic E-state index is -0.861. The molecule has 6 heteroatoms. The Balaban J connectivity index is 2.42. The fourth-order valence-corrected chi connectivity index (χ4v) is 2.47. The molecule has 0 radical (unpaired) electrons. The molecule has 1 unspecified atom stereocenters. The number of nitrogens with two attached hydrogens (primary N) is 1. The van der Waals surface area contributed by atoms with Gasteiger partial charge in [-0.15, -0.1) is 11.8 Å². The summed E-state index contributed by atoms with van der Waals surface area (Å²) in [4.78, 5) is 11.8. The van der Waals surface area contributed by atoms with Crippen molar-refractivity contribution >= 4 is 17.7 Å². The van der Waals surface area contributed by atoms with E-state index in [1.807, 2.05) is 6.92 Å². The van der Waals surface area contributed by atoms with Crippen molar-refractivity contribution in [1.82, 2.24) is 5.32 Å². The molecule has 19 heavy (non-hydrogen) atoms. The molecule has 3 nitrogen and oxygen atoms in total. The first-order chi connectivity index (χ1) is 9.04. The van der Waals surface area contributed by atoms with Crippen LogP contribution in [-0.2, 0) is 4.79 Å². The molecule has 0 aliphatic rings. The van der Waals surface area contributed by atoms with Crippen LogP contribution >= 0.6 is 11.8 Å². The van der Waals surface area contributed by atoms with Gasteiger partial charge < -0.3 is 11.1 Å². The van der Waals surface area contributed by atoms with Crippen LogP contribution in [0.4, 0.5) is 8.78 Å². The first-order valence-corrected chi connectivity index (χ1v) is 7.13. The minimum absolute atomic E-state index is 0.377. The highest BCUT2D eigenvalue weighted by Crippen LogP contribution is 2.21. The third kappa shape index (κ3) is 5.57. The zero-order chi connectivity index (χ0) is 14.3. The number of nitrogens with one attached hydrogen (secondary N) is 1. The lowest BCUT2D eigenvalue weighted by Gasteiger charge is -2.14. The average Bonchev–Trinajstić information content (AvgIpc) is 2.37. The Bertz CT molecular complexity index is 429. The highest BCUT2D eigenvalue weighted by atomic mass is 32.2. The average molecular weight is 288 g/mol. The SMILES string of the molecule is CCCNC(CCSc1ccc(F)c(F)c1)C(N)=O. The Morgan fingerprint density at radius 2 is 2.16 bits per heavy atom. The molecule has 0 aromatic heterocycles. The molecular weight excluding hydrogens is 270 g/mol. The Hall–Kier alpha value is -1.14. The van der Waals surface area contributed by atoms with Gasteiger partial charge in [0, 0.05) is 4.90 Å². The predicted molar refractivity (Wildman–Crippen MR) is 73.0 cm³/mol. The predicted octanol–water partition coefficient (Wildman–Crippen LogP) is 2.30. The molecule has 1 rings (SSSR count). The highest BCUT2D eigenvalue weighted by molar-refractivity contribution is 7.99. The summed E-state index contributed by atoms with van der Waals surface area (Å²) in [6.07, 6.45) is 1.47. The number of carbonyl (C=O) groups is 1. The normalized spacial score (nSPS) is 12.4. The van der Waals surface area contributed by atoms with E-state index in [2.05, 4.69) is 5.32 Å². The van der Waals surface area contributed by atoms with Gasteiger partial charge in [-0.2, -0.15) is 0 Å². The number of hydrogen-bond donors (Lipinski definition) is 2. The van der Waals surface area contributed by atoms with E-state index >= 15 is 0 Å². The van der Waals surface area contributed by atoms with Crippen LogP contribution in [0.25, 0.3) is 0 Å². The second kappa shape index (κ2) is 8.12. The molecule has 0 heterocycles. The first-order valence-electron chi connectivity index (χ1n) is 6.15. The van der Waals surface area contributed by atoms with Gasteiger partial charge in [0.05, 0.1) is 6.04 Å². The summed E-state index contributed by atoms with van der Waals surface area (Å²) in [6, 6.07) is 3.39. The molecule has 1 aromatic rings. The third-order valence-corrected chi connectivity index (χ3v) is 3.58. The summed E-state index contributed by atoms with van der Waals surface area (Å²) in [7, 11) is 0. The van der Waals surface area contributed by atoms with Crippen LogP contribution < -0.4 is 11.1 Å². The number of rotatable bonds is 8. The van der Waals surface area contributed by atoms with Gasteiger partial charge in [-0.05, 0) is 43.3 Å². The van der Waals surface area contributed by atoms with Crippen molar-refractivity contribution in [1.29, 1.82) is 0 Å². The fourth-order valence-electron chi connectivity index (χ4n) is 1.52. The number of benzene rings is 1. The Labute approximate surface area is 115 Å². The summed E-state index contributed by atoms with van der Waals surface area (Å²) < 4.78 is 25.7. The maximum atomic E-state index is 13.0. The number of hydrogen-bond acceptors (Lipinski definition) is 3. The maximum Gasteiger partial charge on any atom is 0.234 e. The first kappa shape index (κ1) is 15.9. The van der Waals surface area contributed by atoms with Crippen molar-refractivity contribution in [3.8, 4) is 0 Å². The Morgan fingerprint density at radius 3 is 2.74 bits per heavy atom. The van der Waals surface area contributed by atoms with Crippen molar-refractivity contribution in [2.75, 3.05) is 12.3 Å². The molecule has 106 valence electrons. The highest BCUT2D eigenvalue weighted by Gasteiger charge is 2.13. The van der Waals surface area contributed by atoms with E-state index < -0.39 is 11.6 Å². The van der Waals surface area contributed by atoms with Crippen molar-refractivity contribution in [2.45, 2.75) is 30.7 Å². The summed E-state index contributed by atoms with van der Waals surface area (Å²) >= 11 is 1.37. The zero-order valence-corrected chi connectivity index (χ0v) is 11.6. The molecular formula is C13H18F2N2OS. The number of carbonyl (C=O) groups excluding carboxylic acids is 1. The zero-order valence-electron chi connectivity index (χ0n) is 10.8. The number of thioether (sulfide) groups is 1. The minimum Gasteiger partial charge on any atom is -0.368 e. The van der Waals surface area contributed by atoms with Crippen molar-refractivity contribution in [3.63, 3.8) is 0 Å². The standard InChI is InChI=1S/C13H18F2N2OS/c1-2-6-17-12(13(16)18)5-7-19-9-3-4-10(14)11(15)8-9/h3-4,8,12,17H,2,5-7H2,1H3,(H2,16,18). The van der Waals surface area contributed by atoms with Crippen molar-refractivity contribution < 1.29 is 13.6 Å². The summed E-state index contributed by atoms with van der Waals surface area (Å²) in [5, 5.41) is 3.05. The third-order valence-electron chi connectivity index (χ3n) is 2.55. The van der Waals surface area contributed by atoms with Crippen molar-refractivity contribution in [3.05, 3.63) is 29.8 Å². The van der Waals surface area contributed by atoms with E-state index in [0.29, 0.717) is 17.1 Å². The van der Waals surface area contributed by atoms with E-state index in [4.69, 9.17) is 5.73 Å². The van der Waals surface area contributed by atoms with Gasteiger partial charge in [-0.3, -0.25) is 4.79 Å². The monoisotopic (exact) mass is 288 g/mol. The second-order valence-corrected chi connectivity index (χ2v) is 5.29. The van der Waals surface area contributed by atoms with Crippen LogP contribution in [0.3, 0.4) is 0 Å². The summed E-state index contributed by atoms with van der Waals surface area (Å²) in [6.45, 7) is 2.73. The molecule has 0 aliphatic heterocycles. The lowest BCUT2D eigenvalue weighted by molar-refractivity contribution is -0.120. The Morgan fingerprint density at radius 1 is 1.42 bits per heavy atom. The molecule has 1 atom stereocenters.